The van der Waals surface area contributed by atoms with Gasteiger partial charge in [0.25, 0.3) is 0 Å². The molecule has 3 rings (SSSR count). The van der Waals surface area contributed by atoms with Gasteiger partial charge >= 0.3 is 0 Å². The summed E-state index contributed by atoms with van der Waals surface area (Å²) in [6.07, 6.45) is -0.622. The molecule has 0 radical (unpaired) electrons. The van der Waals surface area contributed by atoms with Gasteiger partial charge in [0.15, 0.2) is 0 Å². The van der Waals surface area contributed by atoms with E-state index in [1.165, 1.54) is 22.3 Å². The van der Waals surface area contributed by atoms with Crippen LogP contribution in [0.1, 0.15) is 60.9 Å². The van der Waals surface area contributed by atoms with Crippen LogP contribution in [0, 0.1) is 20.8 Å². The normalized spacial score (nSPS) is 12.7. The van der Waals surface area contributed by atoms with E-state index in [1.54, 1.807) is 6.92 Å². The number of ether oxygens (including phenoxy) is 1. The number of rotatable bonds is 6. The Kier molecular flexibility index (Phi) is 5.56. The van der Waals surface area contributed by atoms with E-state index < -0.39 is 6.10 Å². The molecule has 2 aromatic carbocycles. The summed E-state index contributed by atoms with van der Waals surface area (Å²) in [7, 11) is 0. The maximum absolute atomic E-state index is 10.2. The van der Waals surface area contributed by atoms with E-state index in [1.807, 2.05) is 0 Å². The molecule has 4 heteroatoms. The number of aromatic nitrogens is 2. The minimum atomic E-state index is -0.622. The summed E-state index contributed by atoms with van der Waals surface area (Å²) in [6, 6.07) is 10.6. The van der Waals surface area contributed by atoms with Gasteiger partial charge in [-0.2, -0.15) is 0 Å². The fourth-order valence-corrected chi connectivity index (χ4v) is 3.44. The van der Waals surface area contributed by atoms with Crippen molar-refractivity contribution < 1.29 is 9.84 Å². The van der Waals surface area contributed by atoms with Gasteiger partial charge in [-0.25, -0.2) is 4.98 Å². The summed E-state index contributed by atoms with van der Waals surface area (Å²) >= 11 is 0. The molecule has 0 bridgehead atoms. The summed E-state index contributed by atoms with van der Waals surface area (Å²) in [5.41, 5.74) is 6.82. The number of aliphatic hydroxyl groups is 1. The molecule has 0 aliphatic carbocycles. The average molecular weight is 367 g/mol. The molecule has 1 unspecified atom stereocenters. The first-order chi connectivity index (χ1) is 12.8. The molecule has 0 amide bonds. The molecule has 1 aromatic heterocycles. The maximum atomic E-state index is 10.2. The zero-order chi connectivity index (χ0) is 19.7. The lowest BCUT2D eigenvalue weighted by Crippen LogP contribution is -2.13. The molecule has 1 atom stereocenters. The van der Waals surface area contributed by atoms with Gasteiger partial charge in [-0.15, -0.1) is 0 Å². The fourth-order valence-electron chi connectivity index (χ4n) is 3.44. The number of imidazole rings is 1. The van der Waals surface area contributed by atoms with Crippen molar-refractivity contribution in [1.82, 2.24) is 9.55 Å². The number of nitrogens with zero attached hydrogens (tertiary/aromatic N) is 2. The second-order valence-electron chi connectivity index (χ2n) is 7.77. The van der Waals surface area contributed by atoms with Crippen molar-refractivity contribution in [3.05, 3.63) is 58.4 Å². The van der Waals surface area contributed by atoms with Gasteiger partial charge in [-0.1, -0.05) is 26.0 Å². The molecule has 3 aromatic rings. The number of hydrogen-bond acceptors (Lipinski definition) is 3. The predicted octanol–water partition coefficient (Wildman–Crippen LogP) is 5.22. The summed E-state index contributed by atoms with van der Waals surface area (Å²) < 4.78 is 8.24. The van der Waals surface area contributed by atoms with Crippen molar-refractivity contribution in [2.24, 2.45) is 0 Å². The summed E-state index contributed by atoms with van der Waals surface area (Å²) in [4.78, 5) is 4.66. The molecule has 4 nitrogen and oxygen atoms in total. The first kappa shape index (κ1) is 19.4. The third kappa shape index (κ3) is 4.01. The van der Waals surface area contributed by atoms with Crippen molar-refractivity contribution in [3.63, 3.8) is 0 Å². The standard InChI is InChI=1S/C23H30N2O2/c1-14(2)19-8-7-15(3)11-22(19)27-10-9-25-21-13-17(5)16(4)12-20(21)24-23(25)18(6)26/h7-8,11-14,18,26H,9-10H2,1-6H3. The Morgan fingerprint density at radius 1 is 1.04 bits per heavy atom. The van der Waals surface area contributed by atoms with Crippen molar-refractivity contribution >= 4 is 11.0 Å². The van der Waals surface area contributed by atoms with Crippen LogP contribution in [-0.2, 0) is 6.54 Å². The first-order valence-electron chi connectivity index (χ1n) is 9.66. The van der Waals surface area contributed by atoms with Crippen LogP contribution >= 0.6 is 0 Å². The number of aliphatic hydroxyl groups excluding tert-OH is 1. The maximum Gasteiger partial charge on any atom is 0.138 e. The second kappa shape index (κ2) is 7.73. The quantitative estimate of drug-likeness (QED) is 0.651. The number of aryl methyl sites for hydroxylation is 3. The van der Waals surface area contributed by atoms with Crippen molar-refractivity contribution in [2.75, 3.05) is 6.61 Å². The molecule has 0 aliphatic rings. The average Bonchev–Trinajstić information content (AvgIpc) is 2.93. The van der Waals surface area contributed by atoms with Gasteiger partial charge in [0, 0.05) is 0 Å². The van der Waals surface area contributed by atoms with Crippen molar-refractivity contribution in [1.29, 1.82) is 0 Å². The van der Waals surface area contributed by atoms with Crippen LogP contribution in [-0.4, -0.2) is 21.3 Å². The van der Waals surface area contributed by atoms with Crippen LogP contribution in [0.2, 0.25) is 0 Å². The van der Waals surface area contributed by atoms with E-state index in [4.69, 9.17) is 4.74 Å². The second-order valence-corrected chi connectivity index (χ2v) is 7.77. The molecule has 1 heterocycles. The monoisotopic (exact) mass is 366 g/mol. The molecular weight excluding hydrogens is 336 g/mol. The number of fused-ring (bicyclic) bond motifs is 1. The predicted molar refractivity (Wildman–Crippen MR) is 111 cm³/mol. The Bertz CT molecular complexity index is 955. The van der Waals surface area contributed by atoms with E-state index in [9.17, 15) is 5.11 Å². The van der Waals surface area contributed by atoms with Crippen LogP contribution in [0.5, 0.6) is 5.75 Å². The van der Waals surface area contributed by atoms with E-state index in [0.29, 0.717) is 24.9 Å². The molecule has 27 heavy (non-hydrogen) atoms. The smallest absolute Gasteiger partial charge is 0.138 e. The Labute approximate surface area is 161 Å². The Hall–Kier alpha value is -2.33. The zero-order valence-corrected chi connectivity index (χ0v) is 17.2. The summed E-state index contributed by atoms with van der Waals surface area (Å²) in [5.74, 6) is 2.04. The van der Waals surface area contributed by atoms with Crippen LogP contribution in [0.25, 0.3) is 11.0 Å². The Morgan fingerprint density at radius 3 is 2.41 bits per heavy atom. The highest BCUT2D eigenvalue weighted by molar-refractivity contribution is 5.78. The van der Waals surface area contributed by atoms with E-state index in [0.717, 1.165) is 16.8 Å². The largest absolute Gasteiger partial charge is 0.491 e. The minimum absolute atomic E-state index is 0.410. The van der Waals surface area contributed by atoms with Crippen molar-refractivity contribution in [2.45, 2.75) is 60.1 Å². The van der Waals surface area contributed by atoms with E-state index in [2.05, 4.69) is 74.5 Å². The lowest BCUT2D eigenvalue weighted by Gasteiger charge is -2.16. The van der Waals surface area contributed by atoms with Crippen LogP contribution in [0.4, 0.5) is 0 Å². The number of benzene rings is 2. The van der Waals surface area contributed by atoms with E-state index in [-0.39, 0.29) is 0 Å². The van der Waals surface area contributed by atoms with Crippen LogP contribution in [0.15, 0.2) is 30.3 Å². The molecule has 144 valence electrons. The molecule has 0 spiro atoms. The SMILES string of the molecule is Cc1ccc(C(C)C)c(OCCn2c(C(C)O)nc3cc(C)c(C)cc32)c1. The Morgan fingerprint density at radius 2 is 1.74 bits per heavy atom. The zero-order valence-electron chi connectivity index (χ0n) is 17.2. The third-order valence-corrected chi connectivity index (χ3v) is 5.13. The highest BCUT2D eigenvalue weighted by Crippen LogP contribution is 2.28. The van der Waals surface area contributed by atoms with Gasteiger partial charge in [0.1, 0.15) is 24.3 Å². The molecule has 0 saturated heterocycles. The molecule has 0 aliphatic heterocycles. The van der Waals surface area contributed by atoms with Gasteiger partial charge in [0.05, 0.1) is 17.6 Å². The Balaban J connectivity index is 1.88. The minimum Gasteiger partial charge on any atom is -0.491 e. The van der Waals surface area contributed by atoms with Crippen LogP contribution < -0.4 is 4.74 Å². The lowest BCUT2D eigenvalue weighted by molar-refractivity contribution is 0.181. The van der Waals surface area contributed by atoms with Gasteiger partial charge in [0.2, 0.25) is 0 Å². The summed E-state index contributed by atoms with van der Waals surface area (Å²) in [6.45, 7) is 13.6. The molecule has 1 N–H and O–H groups in total. The summed E-state index contributed by atoms with van der Waals surface area (Å²) in [5, 5.41) is 10.2. The fraction of sp³-hybridized carbons (Fsp3) is 0.435. The topological polar surface area (TPSA) is 47.3 Å². The van der Waals surface area contributed by atoms with Crippen molar-refractivity contribution in [3.8, 4) is 5.75 Å². The van der Waals surface area contributed by atoms with E-state index >= 15 is 0 Å². The molecular formula is C23H30N2O2. The molecule has 0 saturated carbocycles. The highest BCUT2D eigenvalue weighted by atomic mass is 16.5. The highest BCUT2D eigenvalue weighted by Gasteiger charge is 2.16. The third-order valence-electron chi connectivity index (χ3n) is 5.13. The van der Waals surface area contributed by atoms with Gasteiger partial charge in [-0.05, 0) is 74.1 Å². The van der Waals surface area contributed by atoms with Crippen LogP contribution in [0.3, 0.4) is 0 Å². The van der Waals surface area contributed by atoms with Gasteiger partial charge < -0.3 is 14.4 Å². The number of hydrogen-bond donors (Lipinski definition) is 1. The first-order valence-corrected chi connectivity index (χ1v) is 9.66. The lowest BCUT2D eigenvalue weighted by atomic mass is 10.0. The molecule has 0 fully saturated rings. The van der Waals surface area contributed by atoms with Gasteiger partial charge in [-0.3, -0.25) is 0 Å².